The lowest BCUT2D eigenvalue weighted by Crippen LogP contribution is -2.37. The third kappa shape index (κ3) is 5.56. The minimum absolute atomic E-state index is 0.327. The number of halogens is 2. The quantitative estimate of drug-likeness (QED) is 0.435. The van der Waals surface area contributed by atoms with Crippen LogP contribution in [0.15, 0.2) is 53.6 Å². The lowest BCUT2D eigenvalue weighted by molar-refractivity contribution is 0.122. The molecule has 0 spiro atoms. The highest BCUT2D eigenvalue weighted by Crippen LogP contribution is 2.20. The van der Waals surface area contributed by atoms with Crippen LogP contribution in [0.4, 0.5) is 23.5 Å². The SMILES string of the molecule is Clc1ccc(/C=N\Nc2nc(Nc3ccc(Cl)cc3)nc(N3CCOCC3)n2)cc1. The molecule has 1 aliphatic rings. The van der Waals surface area contributed by atoms with Gasteiger partial charge in [-0.3, -0.25) is 0 Å². The van der Waals surface area contributed by atoms with Crippen molar-refractivity contribution in [2.75, 3.05) is 41.9 Å². The first-order valence-electron chi connectivity index (χ1n) is 9.32. The Morgan fingerprint density at radius 2 is 1.50 bits per heavy atom. The summed E-state index contributed by atoms with van der Waals surface area (Å²) in [6.45, 7) is 2.67. The number of aromatic nitrogens is 3. The van der Waals surface area contributed by atoms with Crippen molar-refractivity contribution in [1.29, 1.82) is 0 Å². The summed E-state index contributed by atoms with van der Waals surface area (Å²) in [5, 5.41) is 8.74. The van der Waals surface area contributed by atoms with Crippen LogP contribution in [0.25, 0.3) is 0 Å². The van der Waals surface area contributed by atoms with Crippen molar-refractivity contribution in [3.63, 3.8) is 0 Å². The topological polar surface area (TPSA) is 87.6 Å². The molecule has 0 bridgehead atoms. The molecular formula is C20H19Cl2N7O. The summed E-state index contributed by atoms with van der Waals surface area (Å²) in [4.78, 5) is 15.5. The van der Waals surface area contributed by atoms with Gasteiger partial charge in [-0.15, -0.1) is 0 Å². The maximum absolute atomic E-state index is 5.96. The van der Waals surface area contributed by atoms with Crippen molar-refractivity contribution in [3.05, 3.63) is 64.1 Å². The van der Waals surface area contributed by atoms with Gasteiger partial charge in [-0.25, -0.2) is 5.43 Å². The first-order chi connectivity index (χ1) is 14.7. The average molecular weight is 444 g/mol. The average Bonchev–Trinajstić information content (AvgIpc) is 2.77. The number of hydrogen-bond acceptors (Lipinski definition) is 8. The Kier molecular flexibility index (Phi) is 6.58. The first kappa shape index (κ1) is 20.3. The van der Waals surface area contributed by atoms with Gasteiger partial charge in [0.1, 0.15) is 0 Å². The van der Waals surface area contributed by atoms with Crippen LogP contribution in [0.5, 0.6) is 0 Å². The molecule has 2 aromatic carbocycles. The number of benzene rings is 2. The van der Waals surface area contributed by atoms with Crippen molar-refractivity contribution in [1.82, 2.24) is 15.0 Å². The Bertz CT molecular complexity index is 1010. The van der Waals surface area contributed by atoms with Gasteiger partial charge in [0, 0.05) is 28.8 Å². The lowest BCUT2D eigenvalue weighted by atomic mass is 10.2. The number of nitrogens with one attached hydrogen (secondary N) is 2. The highest BCUT2D eigenvalue weighted by atomic mass is 35.5. The first-order valence-corrected chi connectivity index (χ1v) is 10.1. The second-order valence-electron chi connectivity index (χ2n) is 6.44. The molecule has 1 saturated heterocycles. The van der Waals surface area contributed by atoms with Crippen LogP contribution in [-0.2, 0) is 4.74 Å². The van der Waals surface area contributed by atoms with E-state index >= 15 is 0 Å². The molecule has 0 saturated carbocycles. The molecule has 4 rings (SSSR count). The zero-order valence-corrected chi connectivity index (χ0v) is 17.4. The van der Waals surface area contributed by atoms with E-state index in [1.165, 1.54) is 0 Å². The van der Waals surface area contributed by atoms with E-state index in [9.17, 15) is 0 Å². The monoisotopic (exact) mass is 443 g/mol. The van der Waals surface area contributed by atoms with Gasteiger partial charge in [-0.2, -0.15) is 20.1 Å². The molecule has 1 fully saturated rings. The van der Waals surface area contributed by atoms with E-state index in [-0.39, 0.29) is 0 Å². The zero-order chi connectivity index (χ0) is 20.8. The second-order valence-corrected chi connectivity index (χ2v) is 7.31. The van der Waals surface area contributed by atoms with E-state index in [1.54, 1.807) is 30.5 Å². The molecule has 10 heteroatoms. The van der Waals surface area contributed by atoms with Gasteiger partial charge in [-0.1, -0.05) is 35.3 Å². The van der Waals surface area contributed by atoms with Gasteiger partial charge in [0.25, 0.3) is 0 Å². The number of ether oxygens (including phenoxy) is 1. The minimum atomic E-state index is 0.327. The highest BCUT2D eigenvalue weighted by molar-refractivity contribution is 6.30. The van der Waals surface area contributed by atoms with Crippen molar-refractivity contribution in [2.24, 2.45) is 5.10 Å². The molecule has 3 aromatic rings. The smallest absolute Gasteiger partial charge is 0.250 e. The molecule has 1 aromatic heterocycles. The van der Waals surface area contributed by atoms with Crippen LogP contribution >= 0.6 is 23.2 Å². The molecular weight excluding hydrogens is 425 g/mol. The van der Waals surface area contributed by atoms with Crippen LogP contribution in [-0.4, -0.2) is 47.5 Å². The standard InChI is InChI=1S/C20H19Cl2N7O/c21-15-3-1-14(2-4-15)13-23-28-19-25-18(24-17-7-5-16(22)6-8-17)26-20(27-19)29-9-11-30-12-10-29/h1-8,13H,9-12H2,(H2,24,25,26,27,28)/b23-13-. The van der Waals surface area contributed by atoms with Gasteiger partial charge in [0.15, 0.2) is 0 Å². The fraction of sp³-hybridized carbons (Fsp3) is 0.200. The third-order valence-electron chi connectivity index (χ3n) is 4.27. The van der Waals surface area contributed by atoms with E-state index in [0.717, 1.165) is 11.3 Å². The van der Waals surface area contributed by atoms with Crippen molar-refractivity contribution < 1.29 is 4.74 Å². The lowest BCUT2D eigenvalue weighted by Gasteiger charge is -2.27. The van der Waals surface area contributed by atoms with Gasteiger partial charge in [0.2, 0.25) is 17.8 Å². The molecule has 0 unspecified atom stereocenters. The maximum atomic E-state index is 5.96. The summed E-state index contributed by atoms with van der Waals surface area (Å²) in [6.07, 6.45) is 1.67. The molecule has 0 radical (unpaired) electrons. The third-order valence-corrected chi connectivity index (χ3v) is 4.77. The summed E-state index contributed by atoms with van der Waals surface area (Å²) < 4.78 is 5.42. The van der Waals surface area contributed by atoms with E-state index in [4.69, 9.17) is 27.9 Å². The normalized spacial score (nSPS) is 14.1. The predicted octanol–water partition coefficient (Wildman–Crippen LogP) is 4.20. The molecule has 154 valence electrons. The van der Waals surface area contributed by atoms with Crippen LogP contribution in [0.2, 0.25) is 10.0 Å². The Morgan fingerprint density at radius 3 is 2.20 bits per heavy atom. The highest BCUT2D eigenvalue weighted by Gasteiger charge is 2.16. The van der Waals surface area contributed by atoms with Crippen molar-refractivity contribution >= 4 is 52.9 Å². The number of morpholine rings is 1. The molecule has 30 heavy (non-hydrogen) atoms. The summed E-state index contributed by atoms with van der Waals surface area (Å²) >= 11 is 11.9. The van der Waals surface area contributed by atoms with E-state index in [0.29, 0.717) is 54.2 Å². The molecule has 0 amide bonds. The number of hydrogen-bond donors (Lipinski definition) is 2. The Hall–Kier alpha value is -2.94. The molecule has 0 atom stereocenters. The largest absolute Gasteiger partial charge is 0.378 e. The van der Waals surface area contributed by atoms with Crippen LogP contribution in [0, 0.1) is 0 Å². The Balaban J connectivity index is 1.55. The van der Waals surface area contributed by atoms with Gasteiger partial charge >= 0.3 is 0 Å². The van der Waals surface area contributed by atoms with Gasteiger partial charge in [0.05, 0.1) is 19.4 Å². The Morgan fingerprint density at radius 1 is 0.867 bits per heavy atom. The Labute approximate surface area is 183 Å². The fourth-order valence-corrected chi connectivity index (χ4v) is 3.00. The molecule has 8 nitrogen and oxygen atoms in total. The summed E-state index contributed by atoms with van der Waals surface area (Å²) in [6, 6.07) is 14.6. The van der Waals surface area contributed by atoms with E-state index in [1.807, 2.05) is 29.2 Å². The van der Waals surface area contributed by atoms with Crippen LogP contribution < -0.4 is 15.6 Å². The number of anilines is 4. The second kappa shape index (κ2) is 9.71. The maximum Gasteiger partial charge on any atom is 0.250 e. The number of hydrazone groups is 1. The minimum Gasteiger partial charge on any atom is -0.378 e. The van der Waals surface area contributed by atoms with E-state index in [2.05, 4.69) is 30.8 Å². The van der Waals surface area contributed by atoms with E-state index < -0.39 is 0 Å². The van der Waals surface area contributed by atoms with Crippen LogP contribution in [0.1, 0.15) is 5.56 Å². The summed E-state index contributed by atoms with van der Waals surface area (Å²) in [5.41, 5.74) is 4.59. The molecule has 2 N–H and O–H groups in total. The fourth-order valence-electron chi connectivity index (χ4n) is 2.75. The molecule has 2 heterocycles. The summed E-state index contributed by atoms with van der Waals surface area (Å²) in [5.74, 6) is 1.28. The number of rotatable bonds is 6. The molecule has 1 aliphatic heterocycles. The van der Waals surface area contributed by atoms with Crippen LogP contribution in [0.3, 0.4) is 0 Å². The van der Waals surface area contributed by atoms with Crippen molar-refractivity contribution in [3.8, 4) is 0 Å². The number of nitrogens with zero attached hydrogens (tertiary/aromatic N) is 5. The van der Waals surface area contributed by atoms with Crippen molar-refractivity contribution in [2.45, 2.75) is 0 Å². The molecule has 0 aliphatic carbocycles. The summed E-state index contributed by atoms with van der Waals surface area (Å²) in [7, 11) is 0. The van der Waals surface area contributed by atoms with Gasteiger partial charge in [-0.05, 0) is 42.0 Å². The van der Waals surface area contributed by atoms with Gasteiger partial charge < -0.3 is 15.0 Å². The predicted molar refractivity (Wildman–Crippen MR) is 120 cm³/mol. The zero-order valence-electron chi connectivity index (χ0n) is 15.9.